The monoisotopic (exact) mass is 227 g/mol. The van der Waals surface area contributed by atoms with Crippen molar-refractivity contribution >= 4 is 16.7 Å². The molecule has 0 spiro atoms. The summed E-state index contributed by atoms with van der Waals surface area (Å²) in [5.74, 6) is 1.66. The second kappa shape index (κ2) is 4.90. The SMILES string of the molecule is CCN(CCCO)c1nc(C2CC2)ns1. The molecule has 0 atom stereocenters. The molecule has 1 heterocycles. The highest BCUT2D eigenvalue weighted by Crippen LogP contribution is 2.39. The molecule has 0 saturated heterocycles. The molecule has 1 N–H and O–H groups in total. The average molecular weight is 227 g/mol. The van der Waals surface area contributed by atoms with E-state index < -0.39 is 0 Å². The van der Waals surface area contributed by atoms with Crippen LogP contribution in [0, 0.1) is 0 Å². The van der Waals surface area contributed by atoms with Gasteiger partial charge in [0.15, 0.2) is 0 Å². The van der Waals surface area contributed by atoms with Gasteiger partial charge in [-0.1, -0.05) is 0 Å². The number of rotatable bonds is 6. The minimum atomic E-state index is 0.241. The van der Waals surface area contributed by atoms with Crippen LogP contribution in [0.25, 0.3) is 0 Å². The maximum atomic E-state index is 8.80. The van der Waals surface area contributed by atoms with E-state index in [9.17, 15) is 0 Å². The second-order valence-corrected chi connectivity index (χ2v) is 4.60. The van der Waals surface area contributed by atoms with E-state index in [0.717, 1.165) is 30.5 Å². The predicted octanol–water partition coefficient (Wildman–Crippen LogP) is 1.62. The van der Waals surface area contributed by atoms with E-state index in [2.05, 4.69) is 21.2 Å². The highest BCUT2D eigenvalue weighted by Gasteiger charge is 2.28. The third-order valence-corrected chi connectivity index (χ3v) is 3.40. The molecule has 0 aromatic carbocycles. The van der Waals surface area contributed by atoms with Crippen molar-refractivity contribution in [3.05, 3.63) is 5.82 Å². The van der Waals surface area contributed by atoms with Crippen molar-refractivity contribution in [3.63, 3.8) is 0 Å². The molecule has 1 fully saturated rings. The Hall–Kier alpha value is -0.680. The number of aliphatic hydroxyl groups excluding tert-OH is 1. The maximum absolute atomic E-state index is 8.80. The van der Waals surface area contributed by atoms with Crippen molar-refractivity contribution in [2.45, 2.75) is 32.1 Å². The molecular formula is C10H17N3OS. The highest BCUT2D eigenvalue weighted by molar-refractivity contribution is 7.09. The molecule has 5 heteroatoms. The van der Waals surface area contributed by atoms with Gasteiger partial charge in [0, 0.05) is 37.1 Å². The third-order valence-electron chi connectivity index (χ3n) is 2.61. The van der Waals surface area contributed by atoms with Gasteiger partial charge in [-0.3, -0.25) is 0 Å². The Balaban J connectivity index is 1.98. The summed E-state index contributed by atoms with van der Waals surface area (Å²) in [6, 6.07) is 0. The van der Waals surface area contributed by atoms with Crippen LogP contribution in [0.15, 0.2) is 0 Å². The lowest BCUT2D eigenvalue weighted by atomic mass is 10.4. The summed E-state index contributed by atoms with van der Waals surface area (Å²) in [5, 5.41) is 9.81. The molecule has 2 rings (SSSR count). The smallest absolute Gasteiger partial charge is 0.205 e. The molecule has 15 heavy (non-hydrogen) atoms. The van der Waals surface area contributed by atoms with Crippen LogP contribution in [-0.4, -0.2) is 34.2 Å². The molecular weight excluding hydrogens is 210 g/mol. The van der Waals surface area contributed by atoms with Gasteiger partial charge in [-0.2, -0.15) is 4.37 Å². The molecule has 1 aromatic rings. The molecule has 0 unspecified atom stereocenters. The summed E-state index contributed by atoms with van der Waals surface area (Å²) < 4.78 is 4.38. The largest absolute Gasteiger partial charge is 0.396 e. The minimum absolute atomic E-state index is 0.241. The molecule has 0 bridgehead atoms. The van der Waals surface area contributed by atoms with Crippen LogP contribution >= 0.6 is 11.5 Å². The fraction of sp³-hybridized carbons (Fsp3) is 0.800. The van der Waals surface area contributed by atoms with E-state index in [1.54, 1.807) is 0 Å². The quantitative estimate of drug-likeness (QED) is 0.802. The van der Waals surface area contributed by atoms with Gasteiger partial charge in [-0.05, 0) is 26.2 Å². The van der Waals surface area contributed by atoms with Gasteiger partial charge in [0.1, 0.15) is 5.82 Å². The topological polar surface area (TPSA) is 49.2 Å². The molecule has 1 aromatic heterocycles. The van der Waals surface area contributed by atoms with Crippen LogP contribution < -0.4 is 4.90 Å². The molecule has 0 radical (unpaired) electrons. The number of hydrogen-bond acceptors (Lipinski definition) is 5. The van der Waals surface area contributed by atoms with Gasteiger partial charge >= 0.3 is 0 Å². The number of anilines is 1. The number of aromatic nitrogens is 2. The first-order valence-corrected chi connectivity index (χ1v) is 6.32. The van der Waals surface area contributed by atoms with Gasteiger partial charge < -0.3 is 10.0 Å². The van der Waals surface area contributed by atoms with Gasteiger partial charge in [-0.15, -0.1) is 0 Å². The van der Waals surface area contributed by atoms with E-state index in [0.29, 0.717) is 5.92 Å². The van der Waals surface area contributed by atoms with Crippen molar-refractivity contribution < 1.29 is 5.11 Å². The standard InChI is InChI=1S/C10H17N3OS/c1-2-13(6-3-7-14)10-11-9(12-15-10)8-4-5-8/h8,14H,2-7H2,1H3. The zero-order chi connectivity index (χ0) is 10.7. The van der Waals surface area contributed by atoms with E-state index in [4.69, 9.17) is 5.11 Å². The van der Waals surface area contributed by atoms with Crippen molar-refractivity contribution in [3.8, 4) is 0 Å². The molecule has 0 aliphatic heterocycles. The van der Waals surface area contributed by atoms with Gasteiger partial charge in [0.25, 0.3) is 0 Å². The Morgan fingerprint density at radius 3 is 2.93 bits per heavy atom. The second-order valence-electron chi connectivity index (χ2n) is 3.87. The van der Waals surface area contributed by atoms with Crippen molar-refractivity contribution in [1.29, 1.82) is 0 Å². The minimum Gasteiger partial charge on any atom is -0.396 e. The summed E-state index contributed by atoms with van der Waals surface area (Å²) in [7, 11) is 0. The maximum Gasteiger partial charge on any atom is 0.205 e. The Labute approximate surface area is 94.1 Å². The van der Waals surface area contributed by atoms with Crippen molar-refractivity contribution in [2.24, 2.45) is 0 Å². The summed E-state index contributed by atoms with van der Waals surface area (Å²) in [6.07, 6.45) is 3.30. The van der Waals surface area contributed by atoms with E-state index >= 15 is 0 Å². The van der Waals surface area contributed by atoms with E-state index in [1.807, 2.05) is 0 Å². The number of hydrogen-bond donors (Lipinski definition) is 1. The Morgan fingerprint density at radius 1 is 1.53 bits per heavy atom. The van der Waals surface area contributed by atoms with Crippen LogP contribution in [0.4, 0.5) is 5.13 Å². The van der Waals surface area contributed by atoms with Crippen molar-refractivity contribution in [2.75, 3.05) is 24.6 Å². The Morgan fingerprint density at radius 2 is 2.33 bits per heavy atom. The average Bonchev–Trinajstić information content (AvgIpc) is 3.00. The first-order valence-electron chi connectivity index (χ1n) is 5.54. The molecule has 0 amide bonds. The van der Waals surface area contributed by atoms with E-state index in [1.165, 1.54) is 24.4 Å². The van der Waals surface area contributed by atoms with Crippen LogP contribution in [0.5, 0.6) is 0 Å². The van der Waals surface area contributed by atoms with Crippen LogP contribution in [-0.2, 0) is 0 Å². The lowest BCUT2D eigenvalue weighted by molar-refractivity contribution is 0.289. The van der Waals surface area contributed by atoms with Gasteiger partial charge in [0.05, 0.1) is 0 Å². The molecule has 1 aliphatic carbocycles. The van der Waals surface area contributed by atoms with Crippen LogP contribution in [0.2, 0.25) is 0 Å². The number of nitrogens with zero attached hydrogens (tertiary/aromatic N) is 3. The third kappa shape index (κ3) is 2.66. The summed E-state index contributed by atoms with van der Waals surface area (Å²) in [4.78, 5) is 6.73. The molecule has 1 saturated carbocycles. The zero-order valence-corrected chi connectivity index (χ0v) is 9.83. The Bertz CT molecular complexity index is 311. The summed E-state index contributed by atoms with van der Waals surface area (Å²) in [6.45, 7) is 4.14. The molecule has 4 nitrogen and oxygen atoms in total. The van der Waals surface area contributed by atoms with E-state index in [-0.39, 0.29) is 6.61 Å². The number of aliphatic hydroxyl groups is 1. The highest BCUT2D eigenvalue weighted by atomic mass is 32.1. The molecule has 1 aliphatic rings. The first kappa shape index (κ1) is 10.8. The predicted molar refractivity (Wildman–Crippen MR) is 61.5 cm³/mol. The lowest BCUT2D eigenvalue weighted by Crippen LogP contribution is -2.24. The summed E-state index contributed by atoms with van der Waals surface area (Å²) in [5.41, 5.74) is 0. The van der Waals surface area contributed by atoms with Gasteiger partial charge in [0.2, 0.25) is 5.13 Å². The lowest BCUT2D eigenvalue weighted by Gasteiger charge is -2.18. The fourth-order valence-electron chi connectivity index (χ4n) is 1.51. The van der Waals surface area contributed by atoms with Crippen molar-refractivity contribution in [1.82, 2.24) is 9.36 Å². The van der Waals surface area contributed by atoms with Gasteiger partial charge in [-0.25, -0.2) is 4.98 Å². The normalized spacial score (nSPS) is 15.6. The molecule has 84 valence electrons. The van der Waals surface area contributed by atoms with Crippen LogP contribution in [0.1, 0.15) is 37.9 Å². The van der Waals surface area contributed by atoms with Crippen LogP contribution in [0.3, 0.4) is 0 Å². The zero-order valence-electron chi connectivity index (χ0n) is 9.02. The first-order chi connectivity index (χ1) is 7.35. The summed E-state index contributed by atoms with van der Waals surface area (Å²) >= 11 is 1.48. The fourth-order valence-corrected chi connectivity index (χ4v) is 2.35. The Kier molecular flexibility index (Phi) is 3.53.